The molecule has 2 aromatic carbocycles. The number of carbonyl (C=O) groups excluding carboxylic acids is 1. The van der Waals surface area contributed by atoms with E-state index >= 15 is 0 Å². The van der Waals surface area contributed by atoms with Gasteiger partial charge in [-0.1, -0.05) is 54.6 Å². The van der Waals surface area contributed by atoms with Crippen LogP contribution in [0.3, 0.4) is 0 Å². The van der Waals surface area contributed by atoms with Crippen molar-refractivity contribution in [1.82, 2.24) is 0 Å². The van der Waals surface area contributed by atoms with Gasteiger partial charge in [-0.15, -0.1) is 0 Å². The van der Waals surface area contributed by atoms with Crippen molar-refractivity contribution < 1.29 is 18.4 Å². The largest absolute Gasteiger partial charge is 0.503 e. The first-order valence-electron chi connectivity index (χ1n) is 7.68. The third-order valence-electron chi connectivity index (χ3n) is 3.42. The predicted octanol–water partition coefficient (Wildman–Crippen LogP) is 5.35. The van der Waals surface area contributed by atoms with E-state index in [-0.39, 0.29) is 5.56 Å². The Hall–Kier alpha value is -2.58. The van der Waals surface area contributed by atoms with E-state index in [1.807, 2.05) is 12.1 Å². The van der Waals surface area contributed by atoms with Crippen molar-refractivity contribution in [3.8, 4) is 5.75 Å². The second kappa shape index (κ2) is 7.33. The zero-order valence-corrected chi connectivity index (χ0v) is 13.9. The molecule has 0 heterocycles. The third kappa shape index (κ3) is 3.84. The average Bonchev–Trinajstić information content (AvgIpc) is 2.63. The first-order valence-corrected chi connectivity index (χ1v) is 9.22. The lowest BCUT2D eigenvalue weighted by Crippen LogP contribution is -2.09. The molecule has 5 heteroatoms. The average molecular weight is 340 g/mol. The van der Waals surface area contributed by atoms with Gasteiger partial charge in [0.05, 0.1) is 0 Å². The molecule has 2 aromatic rings. The van der Waals surface area contributed by atoms with Gasteiger partial charge in [-0.25, -0.2) is 4.57 Å². The second-order valence-electron chi connectivity index (χ2n) is 5.25. The molecule has 1 atom stereocenters. The van der Waals surface area contributed by atoms with Crippen LogP contribution in [0.15, 0.2) is 84.7 Å². The lowest BCUT2D eigenvalue weighted by atomic mass is 10.2. The van der Waals surface area contributed by atoms with Crippen LogP contribution in [0.5, 0.6) is 5.75 Å². The van der Waals surface area contributed by atoms with Crippen molar-refractivity contribution in [3.05, 3.63) is 90.2 Å². The number of para-hydroxylation sites is 1. The molecule has 0 radical (unpaired) electrons. The summed E-state index contributed by atoms with van der Waals surface area (Å²) in [6.45, 7) is 0. The summed E-state index contributed by atoms with van der Waals surface area (Å²) in [7, 11) is -4.08. The fraction of sp³-hybridized carbons (Fsp3) is 0.105. The van der Waals surface area contributed by atoms with Gasteiger partial charge in [-0.05, 0) is 37.1 Å². The van der Waals surface area contributed by atoms with Crippen LogP contribution in [0.2, 0.25) is 0 Å². The van der Waals surface area contributed by atoms with Gasteiger partial charge >= 0.3 is 7.60 Å². The molecule has 0 amide bonds. The molecule has 24 heavy (non-hydrogen) atoms. The normalized spacial score (nSPS) is 15.9. The maximum Gasteiger partial charge on any atom is 0.503 e. The quantitative estimate of drug-likeness (QED) is 0.665. The summed E-state index contributed by atoms with van der Waals surface area (Å²) >= 11 is 0. The Kier molecular flexibility index (Phi) is 4.97. The number of hydrogen-bond donors (Lipinski definition) is 0. The van der Waals surface area contributed by atoms with Crippen molar-refractivity contribution in [1.29, 1.82) is 0 Å². The van der Waals surface area contributed by atoms with E-state index in [0.29, 0.717) is 11.5 Å². The Morgan fingerprint density at radius 3 is 2.17 bits per heavy atom. The Labute approximate surface area is 141 Å². The summed E-state index contributed by atoms with van der Waals surface area (Å²) in [5.41, 5.74) is -0.371. The number of hydrogen-bond acceptors (Lipinski definition) is 4. The van der Waals surface area contributed by atoms with Gasteiger partial charge in [0.25, 0.3) is 5.52 Å². The molecular weight excluding hydrogens is 323 g/mol. The van der Waals surface area contributed by atoms with Crippen LogP contribution in [0.4, 0.5) is 0 Å². The first-order chi connectivity index (χ1) is 11.7. The minimum atomic E-state index is -4.08. The minimum absolute atomic E-state index is 0.289. The van der Waals surface area contributed by atoms with Crippen molar-refractivity contribution in [2.24, 2.45) is 0 Å². The van der Waals surface area contributed by atoms with Crippen molar-refractivity contribution in [2.45, 2.75) is 12.8 Å². The lowest BCUT2D eigenvalue weighted by Gasteiger charge is -2.20. The van der Waals surface area contributed by atoms with Crippen LogP contribution < -0.4 is 4.52 Å². The zero-order chi connectivity index (χ0) is 16.8. The maximum atomic E-state index is 13.3. The van der Waals surface area contributed by atoms with Crippen molar-refractivity contribution >= 4 is 13.1 Å². The Morgan fingerprint density at radius 1 is 0.875 bits per heavy atom. The third-order valence-corrected chi connectivity index (χ3v) is 5.08. The van der Waals surface area contributed by atoms with E-state index in [4.69, 9.17) is 9.05 Å². The summed E-state index contributed by atoms with van der Waals surface area (Å²) in [5, 5.41) is 0. The molecule has 0 spiro atoms. The van der Waals surface area contributed by atoms with Crippen LogP contribution >= 0.6 is 7.60 Å². The highest BCUT2D eigenvalue weighted by atomic mass is 31.2. The van der Waals surface area contributed by atoms with Crippen LogP contribution in [-0.2, 0) is 9.09 Å². The van der Waals surface area contributed by atoms with Crippen LogP contribution in [0.1, 0.15) is 23.2 Å². The van der Waals surface area contributed by atoms with Gasteiger partial charge in [0.15, 0.2) is 0 Å². The van der Waals surface area contributed by atoms with Crippen molar-refractivity contribution in [3.63, 3.8) is 0 Å². The van der Waals surface area contributed by atoms with Crippen molar-refractivity contribution in [2.75, 3.05) is 0 Å². The van der Waals surface area contributed by atoms with Crippen LogP contribution in [0.25, 0.3) is 0 Å². The highest BCUT2D eigenvalue weighted by molar-refractivity contribution is 7.73. The molecule has 1 unspecified atom stereocenters. The second-order valence-corrected chi connectivity index (χ2v) is 7.02. The molecule has 0 N–H and O–H groups in total. The van der Waals surface area contributed by atoms with E-state index in [9.17, 15) is 9.36 Å². The molecule has 0 aromatic heterocycles. The van der Waals surface area contributed by atoms with Crippen LogP contribution in [0, 0.1) is 0 Å². The minimum Gasteiger partial charge on any atom is -0.411 e. The Morgan fingerprint density at radius 2 is 1.54 bits per heavy atom. The summed E-state index contributed by atoms with van der Waals surface area (Å²) in [5.74, 6) is 0.718. The van der Waals surface area contributed by atoms with Gasteiger partial charge in [0.1, 0.15) is 11.5 Å². The summed E-state index contributed by atoms with van der Waals surface area (Å²) in [6.07, 6.45) is 7.09. The lowest BCUT2D eigenvalue weighted by molar-refractivity contribution is 0.104. The highest BCUT2D eigenvalue weighted by Crippen LogP contribution is 2.53. The molecule has 0 saturated heterocycles. The smallest absolute Gasteiger partial charge is 0.411 e. The molecule has 122 valence electrons. The highest BCUT2D eigenvalue weighted by Gasteiger charge is 2.39. The van der Waals surface area contributed by atoms with Gasteiger partial charge < -0.3 is 9.05 Å². The van der Waals surface area contributed by atoms with E-state index < -0.39 is 13.1 Å². The van der Waals surface area contributed by atoms with E-state index in [0.717, 1.165) is 12.8 Å². The number of benzene rings is 2. The van der Waals surface area contributed by atoms with Gasteiger partial charge in [-0.3, -0.25) is 4.79 Å². The molecular formula is C19H17O4P. The van der Waals surface area contributed by atoms with Crippen LogP contribution in [-0.4, -0.2) is 5.52 Å². The van der Waals surface area contributed by atoms with E-state index in [2.05, 4.69) is 0 Å². The standard InChI is InChI=1S/C19H17O4P/c20-19(16-10-4-1-5-11-16)24(21,22-17-12-6-2-7-13-17)23-18-14-8-3-9-15-18/h1-2,4-8,10-15H,3,9H2. The fourth-order valence-corrected chi connectivity index (χ4v) is 3.74. The van der Waals surface area contributed by atoms with Gasteiger partial charge in [-0.2, -0.15) is 0 Å². The van der Waals surface area contributed by atoms with E-state index in [1.165, 1.54) is 0 Å². The SMILES string of the molecule is O=C(c1ccccc1)P(=O)(OC1=CCCC=C1)Oc1ccccc1. The molecule has 0 fully saturated rings. The molecule has 0 aliphatic heterocycles. The summed E-state index contributed by atoms with van der Waals surface area (Å²) < 4.78 is 24.4. The number of carbonyl (C=O) groups is 1. The molecule has 1 aliphatic carbocycles. The predicted molar refractivity (Wildman–Crippen MR) is 93.0 cm³/mol. The molecule has 4 nitrogen and oxygen atoms in total. The molecule has 1 aliphatic rings. The fourth-order valence-electron chi connectivity index (χ4n) is 2.26. The van der Waals surface area contributed by atoms with Gasteiger partial charge in [0.2, 0.25) is 0 Å². The zero-order valence-electron chi connectivity index (χ0n) is 13.0. The summed E-state index contributed by atoms with van der Waals surface area (Å²) in [6, 6.07) is 17.0. The number of rotatable bonds is 6. The molecule has 3 rings (SSSR count). The monoisotopic (exact) mass is 340 g/mol. The number of allylic oxidation sites excluding steroid dienone is 3. The van der Waals surface area contributed by atoms with Gasteiger partial charge in [0, 0.05) is 5.56 Å². The first kappa shape index (κ1) is 16.3. The maximum absolute atomic E-state index is 13.3. The Bertz CT molecular complexity index is 810. The van der Waals surface area contributed by atoms with E-state index in [1.54, 1.807) is 66.7 Å². The topological polar surface area (TPSA) is 52.6 Å². The summed E-state index contributed by atoms with van der Waals surface area (Å²) in [4.78, 5) is 12.8. The Balaban J connectivity index is 1.93. The molecule has 0 saturated carbocycles. The molecule has 0 bridgehead atoms.